The van der Waals surface area contributed by atoms with E-state index in [1.165, 1.54) is 6.42 Å². The summed E-state index contributed by atoms with van der Waals surface area (Å²) in [5.74, 6) is 0. The van der Waals surface area contributed by atoms with Crippen LogP contribution in [0, 0.1) is 5.41 Å². The minimum Gasteiger partial charge on any atom is -0.392 e. The summed E-state index contributed by atoms with van der Waals surface area (Å²) in [6.45, 7) is 10.4. The zero-order chi connectivity index (χ0) is 9.78. The van der Waals surface area contributed by atoms with Crippen LogP contribution in [0.3, 0.4) is 0 Å². The molecule has 74 valence electrons. The van der Waals surface area contributed by atoms with Gasteiger partial charge in [0.25, 0.3) is 0 Å². The Kier molecular flexibility index (Phi) is 4.80. The van der Waals surface area contributed by atoms with Gasteiger partial charge in [0.2, 0.25) is 0 Å². The van der Waals surface area contributed by atoms with Gasteiger partial charge in [-0.15, -0.1) is 0 Å². The van der Waals surface area contributed by atoms with E-state index in [0.29, 0.717) is 5.41 Å². The average molecular weight is 173 g/mol. The molecule has 0 amide bonds. The van der Waals surface area contributed by atoms with Crippen molar-refractivity contribution in [3.05, 3.63) is 0 Å². The molecule has 12 heavy (non-hydrogen) atoms. The first-order chi connectivity index (χ1) is 5.31. The molecule has 2 nitrogen and oxygen atoms in total. The van der Waals surface area contributed by atoms with Gasteiger partial charge in [0.1, 0.15) is 0 Å². The van der Waals surface area contributed by atoms with Crippen LogP contribution in [-0.4, -0.2) is 36.2 Å². The van der Waals surface area contributed by atoms with Gasteiger partial charge in [-0.05, 0) is 32.4 Å². The first-order valence-electron chi connectivity index (χ1n) is 4.68. The van der Waals surface area contributed by atoms with E-state index in [1.54, 1.807) is 0 Å². The standard InChI is InChI=1S/C10H23NO/c1-9(12)8-11(5)7-6-10(2,3)4/h9,12H,6-8H2,1-5H3. The second-order valence-electron chi connectivity index (χ2n) is 4.92. The Bertz CT molecular complexity index is 115. The normalized spacial score (nSPS) is 15.2. The van der Waals surface area contributed by atoms with Gasteiger partial charge < -0.3 is 10.0 Å². The highest BCUT2D eigenvalue weighted by Gasteiger charge is 2.11. The Hall–Kier alpha value is -0.0800. The van der Waals surface area contributed by atoms with E-state index in [-0.39, 0.29) is 6.10 Å². The maximum absolute atomic E-state index is 9.11. The number of hydrogen-bond donors (Lipinski definition) is 1. The number of likely N-dealkylation sites (N-methyl/N-ethyl adjacent to an activating group) is 1. The van der Waals surface area contributed by atoms with Gasteiger partial charge in [-0.25, -0.2) is 0 Å². The molecule has 0 spiro atoms. The lowest BCUT2D eigenvalue weighted by atomic mass is 9.92. The number of rotatable bonds is 4. The molecule has 1 unspecified atom stereocenters. The van der Waals surface area contributed by atoms with Gasteiger partial charge in [-0.1, -0.05) is 20.8 Å². The fourth-order valence-corrected chi connectivity index (χ4v) is 1.07. The van der Waals surface area contributed by atoms with Crippen LogP contribution in [0.1, 0.15) is 34.1 Å². The van der Waals surface area contributed by atoms with Gasteiger partial charge in [-0.2, -0.15) is 0 Å². The average Bonchev–Trinajstić information content (AvgIpc) is 1.80. The predicted molar refractivity (Wildman–Crippen MR) is 53.2 cm³/mol. The summed E-state index contributed by atoms with van der Waals surface area (Å²) in [6, 6.07) is 0. The maximum Gasteiger partial charge on any atom is 0.0638 e. The van der Waals surface area contributed by atoms with E-state index in [4.69, 9.17) is 5.11 Å². The predicted octanol–water partition coefficient (Wildman–Crippen LogP) is 1.74. The molecule has 0 radical (unpaired) electrons. The summed E-state index contributed by atoms with van der Waals surface area (Å²) in [5.41, 5.74) is 0.396. The first-order valence-corrected chi connectivity index (χ1v) is 4.68. The van der Waals surface area contributed by atoms with Crippen LogP contribution in [0.15, 0.2) is 0 Å². The van der Waals surface area contributed by atoms with Gasteiger partial charge in [0.05, 0.1) is 6.10 Å². The monoisotopic (exact) mass is 173 g/mol. The lowest BCUT2D eigenvalue weighted by molar-refractivity contribution is 0.134. The molecule has 0 aliphatic heterocycles. The van der Waals surface area contributed by atoms with Crippen molar-refractivity contribution in [3.8, 4) is 0 Å². The molecule has 0 aliphatic rings. The Balaban J connectivity index is 3.51. The summed E-state index contributed by atoms with van der Waals surface area (Å²) in [4.78, 5) is 2.18. The quantitative estimate of drug-likeness (QED) is 0.700. The number of aliphatic hydroxyl groups is 1. The van der Waals surface area contributed by atoms with Crippen molar-refractivity contribution in [2.24, 2.45) is 5.41 Å². The zero-order valence-electron chi connectivity index (χ0n) is 9.09. The highest BCUT2D eigenvalue weighted by molar-refractivity contribution is 4.65. The second kappa shape index (κ2) is 4.83. The molecule has 0 saturated heterocycles. The topological polar surface area (TPSA) is 23.5 Å². The molecule has 1 atom stereocenters. The van der Waals surface area contributed by atoms with Crippen molar-refractivity contribution in [2.75, 3.05) is 20.1 Å². The largest absolute Gasteiger partial charge is 0.392 e. The third kappa shape index (κ3) is 8.02. The molecule has 2 heteroatoms. The molecule has 0 rings (SSSR count). The summed E-state index contributed by atoms with van der Waals surface area (Å²) in [6.07, 6.45) is 0.964. The van der Waals surface area contributed by atoms with Crippen molar-refractivity contribution >= 4 is 0 Å². The van der Waals surface area contributed by atoms with Crippen molar-refractivity contribution in [1.29, 1.82) is 0 Å². The van der Waals surface area contributed by atoms with Crippen LogP contribution in [-0.2, 0) is 0 Å². The lowest BCUT2D eigenvalue weighted by Gasteiger charge is -2.24. The van der Waals surface area contributed by atoms with Gasteiger partial charge in [0.15, 0.2) is 0 Å². The molecular formula is C10H23NO. The minimum atomic E-state index is -0.213. The van der Waals surface area contributed by atoms with E-state index in [0.717, 1.165) is 13.1 Å². The zero-order valence-corrected chi connectivity index (χ0v) is 9.09. The molecule has 1 N–H and O–H groups in total. The molecule has 0 aromatic carbocycles. The van der Waals surface area contributed by atoms with Crippen LogP contribution in [0.5, 0.6) is 0 Å². The Morgan fingerprint density at radius 3 is 2.17 bits per heavy atom. The fraction of sp³-hybridized carbons (Fsp3) is 1.00. The van der Waals surface area contributed by atoms with E-state index < -0.39 is 0 Å². The molecular weight excluding hydrogens is 150 g/mol. The van der Waals surface area contributed by atoms with Crippen LogP contribution < -0.4 is 0 Å². The van der Waals surface area contributed by atoms with E-state index in [9.17, 15) is 0 Å². The van der Waals surface area contributed by atoms with Crippen LogP contribution >= 0.6 is 0 Å². The van der Waals surface area contributed by atoms with Crippen LogP contribution in [0.25, 0.3) is 0 Å². The number of aliphatic hydroxyl groups excluding tert-OH is 1. The Morgan fingerprint density at radius 1 is 1.33 bits per heavy atom. The molecule has 0 aromatic heterocycles. The van der Waals surface area contributed by atoms with Crippen molar-refractivity contribution in [1.82, 2.24) is 4.90 Å². The molecule has 0 fully saturated rings. The van der Waals surface area contributed by atoms with Gasteiger partial charge in [0, 0.05) is 6.54 Å². The van der Waals surface area contributed by atoms with E-state index in [2.05, 4.69) is 32.7 Å². The Labute approximate surface area is 76.6 Å². The summed E-state index contributed by atoms with van der Waals surface area (Å²) in [5, 5.41) is 9.11. The van der Waals surface area contributed by atoms with Crippen molar-refractivity contribution in [3.63, 3.8) is 0 Å². The summed E-state index contributed by atoms with van der Waals surface area (Å²) >= 11 is 0. The van der Waals surface area contributed by atoms with Crippen molar-refractivity contribution in [2.45, 2.75) is 40.2 Å². The highest BCUT2D eigenvalue weighted by atomic mass is 16.3. The third-order valence-electron chi connectivity index (χ3n) is 1.82. The SMILES string of the molecule is CC(O)CN(C)CCC(C)(C)C. The van der Waals surface area contributed by atoms with E-state index in [1.807, 2.05) is 6.92 Å². The third-order valence-corrected chi connectivity index (χ3v) is 1.82. The summed E-state index contributed by atoms with van der Waals surface area (Å²) < 4.78 is 0. The van der Waals surface area contributed by atoms with Crippen LogP contribution in [0.4, 0.5) is 0 Å². The van der Waals surface area contributed by atoms with Gasteiger partial charge in [-0.3, -0.25) is 0 Å². The Morgan fingerprint density at radius 2 is 1.83 bits per heavy atom. The number of nitrogens with zero attached hydrogens (tertiary/aromatic N) is 1. The lowest BCUT2D eigenvalue weighted by Crippen LogP contribution is -2.30. The minimum absolute atomic E-state index is 0.213. The first kappa shape index (κ1) is 11.9. The van der Waals surface area contributed by atoms with Crippen molar-refractivity contribution < 1.29 is 5.11 Å². The molecule has 0 aromatic rings. The fourth-order valence-electron chi connectivity index (χ4n) is 1.07. The number of hydrogen-bond acceptors (Lipinski definition) is 2. The molecule has 0 bridgehead atoms. The molecule has 0 saturated carbocycles. The summed E-state index contributed by atoms with van der Waals surface area (Å²) in [7, 11) is 2.05. The second-order valence-corrected chi connectivity index (χ2v) is 4.92. The van der Waals surface area contributed by atoms with E-state index >= 15 is 0 Å². The molecule has 0 aliphatic carbocycles. The molecule has 0 heterocycles. The smallest absolute Gasteiger partial charge is 0.0638 e. The maximum atomic E-state index is 9.11. The van der Waals surface area contributed by atoms with Gasteiger partial charge >= 0.3 is 0 Å². The highest BCUT2D eigenvalue weighted by Crippen LogP contribution is 2.18. The van der Waals surface area contributed by atoms with Crippen LogP contribution in [0.2, 0.25) is 0 Å².